The summed E-state index contributed by atoms with van der Waals surface area (Å²) in [5, 5.41) is 0. The van der Waals surface area contributed by atoms with Crippen LogP contribution in [0.15, 0.2) is 48.8 Å². The monoisotopic (exact) mass is 210 g/mol. The third-order valence-electron chi connectivity index (χ3n) is 3.34. The fraction of sp³-hybridized carbons (Fsp3) is 0.214. The van der Waals surface area contributed by atoms with Crippen LogP contribution in [0.3, 0.4) is 0 Å². The summed E-state index contributed by atoms with van der Waals surface area (Å²) < 4.78 is 0. The fourth-order valence-electron chi connectivity index (χ4n) is 2.47. The molecule has 0 spiro atoms. The average Bonchev–Trinajstić information content (AvgIpc) is 2.69. The third kappa shape index (κ3) is 1.38. The summed E-state index contributed by atoms with van der Waals surface area (Å²) in [6.45, 7) is 0. The lowest BCUT2D eigenvalue weighted by Gasteiger charge is -2.22. The standard InChI is InChI=1S/C14H14N2/c1-16-13-5-3-2-4-12(13)10-14(16)11-6-8-15-9-7-11/h2-9,14H,10H2,1H3. The van der Waals surface area contributed by atoms with Crippen LogP contribution >= 0.6 is 0 Å². The van der Waals surface area contributed by atoms with Gasteiger partial charge in [0.05, 0.1) is 6.04 Å². The number of pyridine rings is 1. The molecule has 1 atom stereocenters. The van der Waals surface area contributed by atoms with E-state index in [0.29, 0.717) is 6.04 Å². The molecule has 80 valence electrons. The van der Waals surface area contributed by atoms with Crippen molar-refractivity contribution < 1.29 is 0 Å². The van der Waals surface area contributed by atoms with Crippen LogP contribution in [0.2, 0.25) is 0 Å². The first kappa shape index (κ1) is 9.40. The Morgan fingerprint density at radius 2 is 1.88 bits per heavy atom. The molecule has 0 bridgehead atoms. The SMILES string of the molecule is CN1c2ccccc2CC1c1ccncc1. The number of hydrogen-bond acceptors (Lipinski definition) is 2. The fourth-order valence-corrected chi connectivity index (χ4v) is 2.47. The summed E-state index contributed by atoms with van der Waals surface area (Å²) in [6.07, 6.45) is 4.83. The van der Waals surface area contributed by atoms with Crippen LogP contribution in [0, 0.1) is 0 Å². The Labute approximate surface area is 95.6 Å². The van der Waals surface area contributed by atoms with Crippen molar-refractivity contribution in [3.8, 4) is 0 Å². The summed E-state index contributed by atoms with van der Waals surface area (Å²) in [5.41, 5.74) is 4.13. The zero-order valence-electron chi connectivity index (χ0n) is 9.30. The molecule has 0 saturated heterocycles. The molecule has 0 radical (unpaired) electrons. The maximum Gasteiger partial charge on any atom is 0.0581 e. The van der Waals surface area contributed by atoms with Gasteiger partial charge in [-0.25, -0.2) is 0 Å². The molecule has 2 heteroatoms. The molecular weight excluding hydrogens is 196 g/mol. The molecule has 0 N–H and O–H groups in total. The van der Waals surface area contributed by atoms with E-state index in [1.54, 1.807) is 0 Å². The maximum atomic E-state index is 4.07. The number of fused-ring (bicyclic) bond motifs is 1. The molecule has 0 aliphatic carbocycles. The molecule has 1 aromatic heterocycles. The first-order chi connectivity index (χ1) is 7.86. The summed E-state index contributed by atoms with van der Waals surface area (Å²) in [6, 6.07) is 13.3. The Morgan fingerprint density at radius 3 is 2.62 bits per heavy atom. The predicted octanol–water partition coefficient (Wildman–Crippen LogP) is 2.82. The smallest absolute Gasteiger partial charge is 0.0581 e. The molecule has 16 heavy (non-hydrogen) atoms. The van der Waals surface area contributed by atoms with Crippen molar-refractivity contribution in [3.05, 3.63) is 59.9 Å². The lowest BCUT2D eigenvalue weighted by molar-refractivity contribution is 0.715. The highest BCUT2D eigenvalue weighted by Gasteiger charge is 2.26. The van der Waals surface area contributed by atoms with Gasteiger partial charge < -0.3 is 4.90 Å². The lowest BCUT2D eigenvalue weighted by atomic mass is 10.0. The average molecular weight is 210 g/mol. The second-order valence-electron chi connectivity index (χ2n) is 4.24. The first-order valence-corrected chi connectivity index (χ1v) is 5.57. The number of benzene rings is 1. The van der Waals surface area contributed by atoms with Gasteiger partial charge in [0.15, 0.2) is 0 Å². The molecule has 3 rings (SSSR count). The van der Waals surface area contributed by atoms with Crippen molar-refractivity contribution in [2.45, 2.75) is 12.5 Å². The molecule has 1 unspecified atom stereocenters. The number of aromatic nitrogens is 1. The number of rotatable bonds is 1. The van der Waals surface area contributed by atoms with E-state index in [1.165, 1.54) is 16.8 Å². The van der Waals surface area contributed by atoms with E-state index in [0.717, 1.165) is 6.42 Å². The van der Waals surface area contributed by atoms with Crippen molar-refractivity contribution in [1.29, 1.82) is 0 Å². The van der Waals surface area contributed by atoms with E-state index in [4.69, 9.17) is 0 Å². The Hall–Kier alpha value is -1.83. The van der Waals surface area contributed by atoms with Crippen LogP contribution in [0.4, 0.5) is 5.69 Å². The van der Waals surface area contributed by atoms with Crippen LogP contribution in [0.5, 0.6) is 0 Å². The number of nitrogens with zero attached hydrogens (tertiary/aromatic N) is 2. The van der Waals surface area contributed by atoms with Gasteiger partial charge in [-0.1, -0.05) is 18.2 Å². The highest BCUT2D eigenvalue weighted by molar-refractivity contribution is 5.59. The second kappa shape index (κ2) is 3.63. The third-order valence-corrected chi connectivity index (χ3v) is 3.34. The van der Waals surface area contributed by atoms with Crippen molar-refractivity contribution in [3.63, 3.8) is 0 Å². The molecule has 1 aromatic carbocycles. The highest BCUT2D eigenvalue weighted by atomic mass is 15.2. The van der Waals surface area contributed by atoms with Crippen LogP contribution in [-0.2, 0) is 6.42 Å². The molecule has 1 aliphatic heterocycles. The van der Waals surface area contributed by atoms with Gasteiger partial charge in [-0.3, -0.25) is 4.98 Å². The van der Waals surface area contributed by atoms with E-state index in [1.807, 2.05) is 12.4 Å². The van der Waals surface area contributed by atoms with E-state index in [9.17, 15) is 0 Å². The predicted molar refractivity (Wildman–Crippen MR) is 65.5 cm³/mol. The minimum atomic E-state index is 0.459. The van der Waals surface area contributed by atoms with Gasteiger partial charge in [0.25, 0.3) is 0 Å². The maximum absolute atomic E-state index is 4.07. The first-order valence-electron chi connectivity index (χ1n) is 5.57. The van der Waals surface area contributed by atoms with E-state index >= 15 is 0 Å². The van der Waals surface area contributed by atoms with E-state index in [2.05, 4.69) is 53.3 Å². The van der Waals surface area contributed by atoms with Gasteiger partial charge >= 0.3 is 0 Å². The van der Waals surface area contributed by atoms with Crippen LogP contribution in [0.1, 0.15) is 17.2 Å². The van der Waals surface area contributed by atoms with Crippen LogP contribution in [0.25, 0.3) is 0 Å². The van der Waals surface area contributed by atoms with Crippen molar-refractivity contribution in [2.75, 3.05) is 11.9 Å². The van der Waals surface area contributed by atoms with E-state index in [-0.39, 0.29) is 0 Å². The topological polar surface area (TPSA) is 16.1 Å². The molecular formula is C14H14N2. The minimum absolute atomic E-state index is 0.459. The lowest BCUT2D eigenvalue weighted by Crippen LogP contribution is -2.19. The Balaban J connectivity index is 1.99. The van der Waals surface area contributed by atoms with Crippen molar-refractivity contribution in [2.24, 2.45) is 0 Å². The van der Waals surface area contributed by atoms with Crippen molar-refractivity contribution >= 4 is 5.69 Å². The van der Waals surface area contributed by atoms with Crippen LogP contribution < -0.4 is 4.90 Å². The summed E-state index contributed by atoms with van der Waals surface area (Å²) >= 11 is 0. The van der Waals surface area contributed by atoms with Gasteiger partial charge in [0.1, 0.15) is 0 Å². The summed E-state index contributed by atoms with van der Waals surface area (Å²) in [5.74, 6) is 0. The molecule has 0 amide bonds. The van der Waals surface area contributed by atoms with Gasteiger partial charge in [-0.15, -0.1) is 0 Å². The molecule has 1 aliphatic rings. The number of likely N-dealkylation sites (N-methyl/N-ethyl adjacent to an activating group) is 1. The highest BCUT2D eigenvalue weighted by Crippen LogP contribution is 2.38. The van der Waals surface area contributed by atoms with Crippen LogP contribution in [-0.4, -0.2) is 12.0 Å². The van der Waals surface area contributed by atoms with Gasteiger partial charge in [0, 0.05) is 25.1 Å². The van der Waals surface area contributed by atoms with Crippen molar-refractivity contribution in [1.82, 2.24) is 4.98 Å². The summed E-state index contributed by atoms with van der Waals surface area (Å²) in [4.78, 5) is 6.42. The number of para-hydroxylation sites is 1. The Morgan fingerprint density at radius 1 is 1.12 bits per heavy atom. The quantitative estimate of drug-likeness (QED) is 0.719. The van der Waals surface area contributed by atoms with Gasteiger partial charge in [-0.05, 0) is 35.7 Å². The zero-order valence-corrected chi connectivity index (χ0v) is 9.30. The normalized spacial score (nSPS) is 18.6. The zero-order chi connectivity index (χ0) is 11.0. The molecule has 0 saturated carbocycles. The second-order valence-corrected chi connectivity index (χ2v) is 4.24. The largest absolute Gasteiger partial charge is 0.367 e. The molecule has 2 nitrogen and oxygen atoms in total. The van der Waals surface area contributed by atoms with Gasteiger partial charge in [0.2, 0.25) is 0 Å². The van der Waals surface area contributed by atoms with Gasteiger partial charge in [-0.2, -0.15) is 0 Å². The number of anilines is 1. The molecule has 2 aromatic rings. The molecule has 0 fully saturated rings. The summed E-state index contributed by atoms with van der Waals surface area (Å²) in [7, 11) is 2.16. The minimum Gasteiger partial charge on any atom is -0.367 e. The molecule has 2 heterocycles. The Bertz CT molecular complexity index is 493. The van der Waals surface area contributed by atoms with E-state index < -0.39 is 0 Å². The Kier molecular flexibility index (Phi) is 2.13. The number of hydrogen-bond donors (Lipinski definition) is 0.